The molecule has 6 heteroatoms. The number of nitrogens with zero attached hydrogens (tertiary/aromatic N) is 1. The number of carbonyl (C=O) groups is 2. The van der Waals surface area contributed by atoms with Gasteiger partial charge in [-0.15, -0.1) is 0 Å². The fraction of sp³-hybridized carbons (Fsp3) is 0.391. The number of para-hydroxylation sites is 1. The Kier molecular flexibility index (Phi) is 9.00. The van der Waals surface area contributed by atoms with E-state index in [1.54, 1.807) is 24.0 Å². The number of ether oxygens (including phenoxy) is 1. The number of halogens is 1. The van der Waals surface area contributed by atoms with Crippen molar-refractivity contribution in [3.63, 3.8) is 0 Å². The van der Waals surface area contributed by atoms with Crippen LogP contribution in [0.3, 0.4) is 0 Å². The summed E-state index contributed by atoms with van der Waals surface area (Å²) in [5.41, 5.74) is 0.924. The highest BCUT2D eigenvalue weighted by atomic mass is 35.5. The van der Waals surface area contributed by atoms with Gasteiger partial charge in [-0.2, -0.15) is 0 Å². The van der Waals surface area contributed by atoms with Gasteiger partial charge in [0.1, 0.15) is 11.8 Å². The van der Waals surface area contributed by atoms with E-state index in [9.17, 15) is 9.59 Å². The van der Waals surface area contributed by atoms with Crippen LogP contribution in [-0.2, 0) is 16.1 Å². The number of amides is 2. The van der Waals surface area contributed by atoms with Gasteiger partial charge >= 0.3 is 0 Å². The summed E-state index contributed by atoms with van der Waals surface area (Å²) >= 11 is 5.96. The molecule has 0 radical (unpaired) electrons. The molecule has 0 aromatic heterocycles. The number of hydrogen-bond acceptors (Lipinski definition) is 3. The predicted molar refractivity (Wildman–Crippen MR) is 116 cm³/mol. The van der Waals surface area contributed by atoms with E-state index in [0.29, 0.717) is 31.0 Å². The van der Waals surface area contributed by atoms with E-state index in [-0.39, 0.29) is 17.9 Å². The Morgan fingerprint density at radius 2 is 1.69 bits per heavy atom. The lowest BCUT2D eigenvalue weighted by atomic mass is 10.1. The van der Waals surface area contributed by atoms with Gasteiger partial charge in [0.05, 0.1) is 6.61 Å². The molecule has 1 atom stereocenters. The third-order valence-electron chi connectivity index (χ3n) is 4.41. The highest BCUT2D eigenvalue weighted by Crippen LogP contribution is 2.15. The topological polar surface area (TPSA) is 58.6 Å². The van der Waals surface area contributed by atoms with E-state index in [1.165, 1.54) is 0 Å². The van der Waals surface area contributed by atoms with Crippen molar-refractivity contribution < 1.29 is 14.3 Å². The maximum Gasteiger partial charge on any atom is 0.242 e. The van der Waals surface area contributed by atoms with E-state index in [1.807, 2.05) is 56.3 Å². The molecule has 2 aromatic rings. The lowest BCUT2D eigenvalue weighted by molar-refractivity contribution is -0.141. The van der Waals surface area contributed by atoms with Crippen molar-refractivity contribution in [2.75, 3.05) is 6.61 Å². The average Bonchev–Trinajstić information content (AvgIpc) is 2.70. The van der Waals surface area contributed by atoms with Crippen molar-refractivity contribution in [3.05, 3.63) is 65.2 Å². The van der Waals surface area contributed by atoms with Crippen LogP contribution in [-0.4, -0.2) is 35.4 Å². The van der Waals surface area contributed by atoms with Gasteiger partial charge in [0.2, 0.25) is 11.8 Å². The molecule has 0 bridgehead atoms. The van der Waals surface area contributed by atoms with E-state index >= 15 is 0 Å². The normalized spacial score (nSPS) is 11.8. The molecule has 2 aromatic carbocycles. The molecule has 2 amide bonds. The Hall–Kier alpha value is -2.53. The average molecular weight is 417 g/mol. The van der Waals surface area contributed by atoms with Gasteiger partial charge in [-0.05, 0) is 57.0 Å². The van der Waals surface area contributed by atoms with E-state index < -0.39 is 6.04 Å². The highest BCUT2D eigenvalue weighted by Gasteiger charge is 2.26. The van der Waals surface area contributed by atoms with Gasteiger partial charge in [0.25, 0.3) is 0 Å². The van der Waals surface area contributed by atoms with E-state index in [4.69, 9.17) is 16.3 Å². The zero-order chi connectivity index (χ0) is 21.2. The Morgan fingerprint density at radius 1 is 1.03 bits per heavy atom. The number of carbonyl (C=O) groups excluding carboxylic acids is 2. The van der Waals surface area contributed by atoms with Gasteiger partial charge in [-0.3, -0.25) is 9.59 Å². The first-order chi connectivity index (χ1) is 13.9. The number of rotatable bonds is 10. The summed E-state index contributed by atoms with van der Waals surface area (Å²) in [6.07, 6.45) is 0.878. The van der Waals surface area contributed by atoms with Crippen LogP contribution in [0.15, 0.2) is 54.6 Å². The predicted octanol–water partition coefficient (Wildman–Crippen LogP) is 4.44. The van der Waals surface area contributed by atoms with Crippen molar-refractivity contribution in [1.82, 2.24) is 10.2 Å². The lowest BCUT2D eigenvalue weighted by Crippen LogP contribution is -2.49. The Bertz CT molecular complexity index is 778. The minimum atomic E-state index is -0.574. The molecule has 0 heterocycles. The first-order valence-electron chi connectivity index (χ1n) is 9.89. The highest BCUT2D eigenvalue weighted by molar-refractivity contribution is 6.30. The Morgan fingerprint density at radius 3 is 2.31 bits per heavy atom. The SMILES string of the molecule is CC(C)NC(=O)C(C)N(Cc1ccc(Cl)cc1)C(=O)CCCOc1ccccc1. The number of benzene rings is 2. The van der Waals surface area contributed by atoms with Crippen molar-refractivity contribution in [1.29, 1.82) is 0 Å². The molecule has 0 fully saturated rings. The molecule has 0 aliphatic carbocycles. The van der Waals surface area contributed by atoms with Gasteiger partial charge in [0, 0.05) is 24.0 Å². The first kappa shape index (κ1) is 22.8. The monoisotopic (exact) mass is 416 g/mol. The smallest absolute Gasteiger partial charge is 0.242 e. The molecule has 0 saturated heterocycles. The summed E-state index contributed by atoms with van der Waals surface area (Å²) < 4.78 is 5.66. The molecule has 156 valence electrons. The zero-order valence-corrected chi connectivity index (χ0v) is 18.0. The van der Waals surface area contributed by atoms with Crippen molar-refractivity contribution in [2.24, 2.45) is 0 Å². The number of hydrogen-bond donors (Lipinski definition) is 1. The fourth-order valence-corrected chi connectivity index (χ4v) is 2.97. The van der Waals surface area contributed by atoms with Crippen molar-refractivity contribution in [2.45, 2.75) is 52.2 Å². The minimum Gasteiger partial charge on any atom is -0.494 e. The molecule has 0 aliphatic heterocycles. The molecule has 2 rings (SSSR count). The molecule has 1 N–H and O–H groups in total. The maximum atomic E-state index is 12.9. The zero-order valence-electron chi connectivity index (χ0n) is 17.2. The third-order valence-corrected chi connectivity index (χ3v) is 4.66. The van der Waals surface area contributed by atoms with Gasteiger partial charge in [0.15, 0.2) is 0 Å². The molecule has 0 aliphatic rings. The molecule has 0 saturated carbocycles. The molecule has 29 heavy (non-hydrogen) atoms. The molecular formula is C23H29ClN2O3. The van der Waals surface area contributed by atoms with Crippen LogP contribution in [0.4, 0.5) is 0 Å². The van der Waals surface area contributed by atoms with Gasteiger partial charge < -0.3 is 15.0 Å². The standard InChI is InChI=1S/C23H29ClN2O3/c1-17(2)25-23(28)18(3)26(16-19-11-13-20(24)14-12-19)22(27)10-7-15-29-21-8-5-4-6-9-21/h4-6,8-9,11-14,17-18H,7,10,15-16H2,1-3H3,(H,25,28). The van der Waals surface area contributed by atoms with Gasteiger partial charge in [-0.1, -0.05) is 41.9 Å². The summed E-state index contributed by atoms with van der Waals surface area (Å²) in [7, 11) is 0. The summed E-state index contributed by atoms with van der Waals surface area (Å²) in [6, 6.07) is 16.2. The number of nitrogens with one attached hydrogen (secondary N) is 1. The second-order valence-electron chi connectivity index (χ2n) is 7.25. The minimum absolute atomic E-state index is 0.0108. The second kappa shape index (κ2) is 11.5. The van der Waals surface area contributed by atoms with Crippen molar-refractivity contribution in [3.8, 4) is 5.75 Å². The Balaban J connectivity index is 1.99. The van der Waals surface area contributed by atoms with Crippen LogP contribution >= 0.6 is 11.6 Å². The lowest BCUT2D eigenvalue weighted by Gasteiger charge is -2.29. The first-order valence-corrected chi connectivity index (χ1v) is 10.3. The summed E-state index contributed by atoms with van der Waals surface area (Å²) in [6.45, 7) is 6.35. The van der Waals surface area contributed by atoms with Crippen LogP contribution in [0.1, 0.15) is 39.2 Å². The summed E-state index contributed by atoms with van der Waals surface area (Å²) in [5.74, 6) is 0.536. The molecule has 0 spiro atoms. The third kappa shape index (κ3) is 7.78. The maximum absolute atomic E-state index is 12.9. The molecule has 1 unspecified atom stereocenters. The van der Waals surface area contributed by atoms with Crippen LogP contribution < -0.4 is 10.1 Å². The van der Waals surface area contributed by atoms with Gasteiger partial charge in [-0.25, -0.2) is 0 Å². The summed E-state index contributed by atoms with van der Waals surface area (Å²) in [5, 5.41) is 3.52. The largest absolute Gasteiger partial charge is 0.494 e. The quantitative estimate of drug-likeness (QED) is 0.582. The second-order valence-corrected chi connectivity index (χ2v) is 7.69. The van der Waals surface area contributed by atoms with E-state index in [0.717, 1.165) is 11.3 Å². The summed E-state index contributed by atoms with van der Waals surface area (Å²) in [4.78, 5) is 27.0. The Labute approximate surface area is 178 Å². The van der Waals surface area contributed by atoms with Crippen LogP contribution in [0, 0.1) is 0 Å². The fourth-order valence-electron chi connectivity index (χ4n) is 2.85. The van der Waals surface area contributed by atoms with Crippen LogP contribution in [0.5, 0.6) is 5.75 Å². The van der Waals surface area contributed by atoms with Crippen LogP contribution in [0.2, 0.25) is 5.02 Å². The molecular weight excluding hydrogens is 388 g/mol. The van der Waals surface area contributed by atoms with Crippen LogP contribution in [0.25, 0.3) is 0 Å². The molecule has 5 nitrogen and oxygen atoms in total. The van der Waals surface area contributed by atoms with E-state index in [2.05, 4.69) is 5.32 Å². The van der Waals surface area contributed by atoms with Crippen molar-refractivity contribution >= 4 is 23.4 Å².